The van der Waals surface area contributed by atoms with Crippen molar-refractivity contribution in [2.45, 2.75) is 32.7 Å². The number of carbonyl (C=O) groups excluding carboxylic acids is 1. The molecule has 4 nitrogen and oxygen atoms in total. The third kappa shape index (κ3) is 3.47. The summed E-state index contributed by atoms with van der Waals surface area (Å²) in [5, 5.41) is 8.91. The topological polar surface area (TPSA) is 49.8 Å². The van der Waals surface area contributed by atoms with Crippen LogP contribution >= 0.6 is 0 Å². The first-order chi connectivity index (χ1) is 7.16. The molecule has 0 saturated carbocycles. The van der Waals surface area contributed by atoms with E-state index in [1.54, 1.807) is 4.90 Å². The van der Waals surface area contributed by atoms with Gasteiger partial charge in [0, 0.05) is 19.2 Å². The zero-order valence-electron chi connectivity index (χ0n) is 9.61. The fourth-order valence-electron chi connectivity index (χ4n) is 1.90. The Kier molecular flexibility index (Phi) is 5.05. The molecule has 1 rings (SSSR count). The van der Waals surface area contributed by atoms with E-state index in [-0.39, 0.29) is 24.5 Å². The molecular weight excluding hydrogens is 194 g/mol. The van der Waals surface area contributed by atoms with E-state index in [4.69, 9.17) is 9.84 Å². The van der Waals surface area contributed by atoms with Gasteiger partial charge >= 0.3 is 0 Å². The average Bonchev–Trinajstić information content (AvgIpc) is 2.26. The minimum atomic E-state index is -0.00676. The first-order valence-corrected chi connectivity index (χ1v) is 5.66. The molecule has 1 aliphatic heterocycles. The third-order valence-corrected chi connectivity index (χ3v) is 2.76. The maximum atomic E-state index is 12.1. The number of hydrogen-bond donors (Lipinski definition) is 1. The summed E-state index contributed by atoms with van der Waals surface area (Å²) in [6.07, 6.45) is 1.87. The van der Waals surface area contributed by atoms with Crippen molar-refractivity contribution >= 4 is 5.91 Å². The Morgan fingerprint density at radius 3 is 2.80 bits per heavy atom. The minimum Gasteiger partial charge on any atom is -0.395 e. The lowest BCUT2D eigenvalue weighted by Crippen LogP contribution is -2.44. The molecule has 1 unspecified atom stereocenters. The summed E-state index contributed by atoms with van der Waals surface area (Å²) in [5.41, 5.74) is 0. The largest absolute Gasteiger partial charge is 0.395 e. The fourth-order valence-corrected chi connectivity index (χ4v) is 1.90. The number of hydrogen-bond acceptors (Lipinski definition) is 3. The lowest BCUT2D eigenvalue weighted by atomic mass is 10.00. The van der Waals surface area contributed by atoms with E-state index >= 15 is 0 Å². The van der Waals surface area contributed by atoms with Crippen LogP contribution in [-0.4, -0.2) is 48.3 Å². The van der Waals surface area contributed by atoms with Gasteiger partial charge in [-0.1, -0.05) is 0 Å². The normalized spacial score (nSPS) is 21.7. The molecule has 0 aromatic carbocycles. The van der Waals surface area contributed by atoms with Crippen molar-refractivity contribution in [2.24, 2.45) is 5.92 Å². The molecule has 1 N–H and O–H groups in total. The second kappa shape index (κ2) is 6.08. The Morgan fingerprint density at radius 1 is 1.60 bits per heavy atom. The van der Waals surface area contributed by atoms with E-state index in [2.05, 4.69) is 0 Å². The first-order valence-electron chi connectivity index (χ1n) is 5.66. The van der Waals surface area contributed by atoms with Crippen molar-refractivity contribution in [1.29, 1.82) is 0 Å². The first kappa shape index (κ1) is 12.5. The SMILES string of the molecule is CC(C)N(CCO)C(=O)C1CCCOC1. The van der Waals surface area contributed by atoms with E-state index in [0.717, 1.165) is 19.4 Å². The number of aliphatic hydroxyl groups is 1. The highest BCUT2D eigenvalue weighted by atomic mass is 16.5. The maximum Gasteiger partial charge on any atom is 0.228 e. The molecule has 0 aromatic rings. The lowest BCUT2D eigenvalue weighted by Gasteiger charge is -2.31. The van der Waals surface area contributed by atoms with Crippen LogP contribution in [-0.2, 0) is 9.53 Å². The van der Waals surface area contributed by atoms with E-state index in [9.17, 15) is 4.79 Å². The van der Waals surface area contributed by atoms with E-state index in [1.165, 1.54) is 0 Å². The Morgan fingerprint density at radius 2 is 2.33 bits per heavy atom. The van der Waals surface area contributed by atoms with Gasteiger partial charge in [-0.3, -0.25) is 4.79 Å². The van der Waals surface area contributed by atoms with Crippen molar-refractivity contribution in [3.8, 4) is 0 Å². The second-order valence-corrected chi connectivity index (χ2v) is 4.26. The van der Waals surface area contributed by atoms with Gasteiger partial charge in [0.25, 0.3) is 0 Å². The number of amides is 1. The summed E-state index contributed by atoms with van der Waals surface area (Å²) in [6.45, 7) is 5.69. The Labute approximate surface area is 91.2 Å². The highest BCUT2D eigenvalue weighted by Gasteiger charge is 2.27. The lowest BCUT2D eigenvalue weighted by molar-refractivity contribution is -0.142. The zero-order chi connectivity index (χ0) is 11.3. The molecule has 15 heavy (non-hydrogen) atoms. The van der Waals surface area contributed by atoms with Gasteiger partial charge in [-0.2, -0.15) is 0 Å². The van der Waals surface area contributed by atoms with Gasteiger partial charge in [0.05, 0.1) is 19.1 Å². The van der Waals surface area contributed by atoms with E-state index in [0.29, 0.717) is 13.2 Å². The minimum absolute atomic E-state index is 0.00676. The molecule has 1 saturated heterocycles. The molecule has 4 heteroatoms. The van der Waals surface area contributed by atoms with Crippen molar-refractivity contribution in [3.63, 3.8) is 0 Å². The molecule has 0 aromatic heterocycles. The molecule has 1 atom stereocenters. The van der Waals surface area contributed by atoms with Gasteiger partial charge in [0.1, 0.15) is 0 Å². The van der Waals surface area contributed by atoms with Crippen LogP contribution in [0.1, 0.15) is 26.7 Å². The average molecular weight is 215 g/mol. The number of aliphatic hydroxyl groups excluding tert-OH is 1. The third-order valence-electron chi connectivity index (χ3n) is 2.76. The van der Waals surface area contributed by atoms with Crippen molar-refractivity contribution in [2.75, 3.05) is 26.4 Å². The van der Waals surface area contributed by atoms with E-state index in [1.807, 2.05) is 13.8 Å². The quantitative estimate of drug-likeness (QED) is 0.749. The van der Waals surface area contributed by atoms with Crippen molar-refractivity contribution in [3.05, 3.63) is 0 Å². The number of nitrogens with zero attached hydrogens (tertiary/aromatic N) is 1. The van der Waals surface area contributed by atoms with Crippen LogP contribution in [0.2, 0.25) is 0 Å². The summed E-state index contributed by atoms with van der Waals surface area (Å²) in [6, 6.07) is 0.145. The highest BCUT2D eigenvalue weighted by Crippen LogP contribution is 2.17. The molecule has 0 radical (unpaired) electrons. The fraction of sp³-hybridized carbons (Fsp3) is 0.909. The Bertz CT molecular complexity index is 200. The molecule has 1 aliphatic rings. The van der Waals surface area contributed by atoms with Gasteiger partial charge in [0.2, 0.25) is 5.91 Å². The highest BCUT2D eigenvalue weighted by molar-refractivity contribution is 5.79. The second-order valence-electron chi connectivity index (χ2n) is 4.26. The molecule has 0 bridgehead atoms. The van der Waals surface area contributed by atoms with Crippen LogP contribution < -0.4 is 0 Å². The molecule has 1 fully saturated rings. The molecule has 88 valence electrons. The van der Waals surface area contributed by atoms with Crippen molar-refractivity contribution in [1.82, 2.24) is 4.90 Å². The number of rotatable bonds is 4. The van der Waals surface area contributed by atoms with Crippen LogP contribution in [0.15, 0.2) is 0 Å². The summed E-state index contributed by atoms with van der Waals surface area (Å²) in [4.78, 5) is 13.8. The smallest absolute Gasteiger partial charge is 0.228 e. The maximum absolute atomic E-state index is 12.1. The summed E-state index contributed by atoms with van der Waals surface area (Å²) in [5.74, 6) is 0.117. The van der Waals surface area contributed by atoms with Crippen molar-refractivity contribution < 1.29 is 14.6 Å². The molecule has 1 heterocycles. The van der Waals surface area contributed by atoms with Crippen LogP contribution in [0, 0.1) is 5.92 Å². The summed E-state index contributed by atoms with van der Waals surface area (Å²) >= 11 is 0. The molecule has 0 spiro atoms. The van der Waals surface area contributed by atoms with Gasteiger partial charge in [0.15, 0.2) is 0 Å². The summed E-state index contributed by atoms with van der Waals surface area (Å²) < 4.78 is 5.30. The monoisotopic (exact) mass is 215 g/mol. The van der Waals surface area contributed by atoms with Gasteiger partial charge in [-0.05, 0) is 26.7 Å². The Balaban J connectivity index is 2.53. The van der Waals surface area contributed by atoms with Crippen LogP contribution in [0.25, 0.3) is 0 Å². The van der Waals surface area contributed by atoms with Gasteiger partial charge in [-0.25, -0.2) is 0 Å². The van der Waals surface area contributed by atoms with E-state index < -0.39 is 0 Å². The van der Waals surface area contributed by atoms with Gasteiger partial charge in [-0.15, -0.1) is 0 Å². The van der Waals surface area contributed by atoms with Crippen LogP contribution in [0.3, 0.4) is 0 Å². The number of carbonyl (C=O) groups is 1. The molecule has 1 amide bonds. The molecule has 0 aliphatic carbocycles. The number of ether oxygens (including phenoxy) is 1. The standard InChI is InChI=1S/C11H21NO3/c1-9(2)12(5-6-13)11(14)10-4-3-7-15-8-10/h9-10,13H,3-8H2,1-2H3. The van der Waals surface area contributed by atoms with Crippen LogP contribution in [0.5, 0.6) is 0 Å². The zero-order valence-corrected chi connectivity index (χ0v) is 9.61. The molecular formula is C11H21NO3. The van der Waals surface area contributed by atoms with Crippen LogP contribution in [0.4, 0.5) is 0 Å². The predicted molar refractivity (Wildman–Crippen MR) is 57.5 cm³/mol. The van der Waals surface area contributed by atoms with Gasteiger partial charge < -0.3 is 14.7 Å². The predicted octanol–water partition coefficient (Wildman–Crippen LogP) is 0.642. The summed E-state index contributed by atoms with van der Waals surface area (Å²) in [7, 11) is 0. The Hall–Kier alpha value is -0.610.